The second-order valence-corrected chi connectivity index (χ2v) is 5.07. The number of allylic oxidation sites excluding steroid dienone is 4. The van der Waals surface area contributed by atoms with Gasteiger partial charge in [-0.1, -0.05) is 18.2 Å². The van der Waals surface area contributed by atoms with Crippen LogP contribution in [0.25, 0.3) is 0 Å². The van der Waals surface area contributed by atoms with Crippen molar-refractivity contribution < 1.29 is 14.6 Å². The summed E-state index contributed by atoms with van der Waals surface area (Å²) in [6.45, 7) is 9.04. The van der Waals surface area contributed by atoms with Crippen LogP contribution in [-0.4, -0.2) is 42.3 Å². The summed E-state index contributed by atoms with van der Waals surface area (Å²) < 4.78 is 4.88. The van der Waals surface area contributed by atoms with E-state index >= 15 is 0 Å². The number of carbonyl (C=O) groups is 1. The van der Waals surface area contributed by atoms with Gasteiger partial charge in [0.1, 0.15) is 12.7 Å². The van der Waals surface area contributed by atoms with E-state index in [0.29, 0.717) is 17.2 Å². The molecule has 0 radical (unpaired) electrons. The summed E-state index contributed by atoms with van der Waals surface area (Å²) in [6, 6.07) is 0. The summed E-state index contributed by atoms with van der Waals surface area (Å²) in [4.78, 5) is 13.0. The van der Waals surface area contributed by atoms with Crippen molar-refractivity contribution in [1.82, 2.24) is 4.90 Å². The Hall–Kier alpha value is -1.26. The largest absolute Gasteiger partial charge is 0.460 e. The second-order valence-electron chi connectivity index (χ2n) is 4.47. The van der Waals surface area contributed by atoms with Crippen LogP contribution in [0.15, 0.2) is 35.0 Å². The maximum absolute atomic E-state index is 11.2. The molecule has 1 N–H and O–H groups in total. The fraction of sp³-hybridized carbons (Fsp3) is 0.500. The minimum absolute atomic E-state index is 0.0479. The molecule has 0 rings (SSSR count). The third-order valence-corrected chi connectivity index (χ3v) is 2.52. The molecule has 0 heterocycles. The zero-order valence-electron chi connectivity index (χ0n) is 11.9. The molecule has 0 aromatic heterocycles. The van der Waals surface area contributed by atoms with Gasteiger partial charge in [-0.2, -0.15) is 0 Å². The lowest BCUT2D eigenvalue weighted by atomic mass is 10.3. The average Bonchev–Trinajstić information content (AvgIpc) is 2.32. The lowest BCUT2D eigenvalue weighted by molar-refractivity contribution is -0.142. The number of halogens is 1. The Balaban J connectivity index is 4.22. The summed E-state index contributed by atoms with van der Waals surface area (Å²) in [5.41, 5.74) is 1.27. The monoisotopic (exact) mass is 287 g/mol. The zero-order chi connectivity index (χ0) is 15.0. The maximum Gasteiger partial charge on any atom is 0.333 e. The standard InChI is InChI=1S/C14H22ClNO3/c1-10(2)14(18)19-9-13(17)8-16(5)12(4)7-6-11(3)15/h6-7,13,17H,1,8-9H2,2-5H3. The summed E-state index contributed by atoms with van der Waals surface area (Å²) in [7, 11) is 1.84. The fourth-order valence-electron chi connectivity index (χ4n) is 1.17. The number of likely N-dealkylation sites (N-methyl/N-ethyl adjacent to an activating group) is 1. The number of rotatable bonds is 7. The first-order valence-corrected chi connectivity index (χ1v) is 6.34. The highest BCUT2D eigenvalue weighted by Gasteiger charge is 2.11. The second kappa shape index (κ2) is 8.77. The molecule has 0 saturated carbocycles. The molecule has 0 aliphatic rings. The minimum Gasteiger partial charge on any atom is -0.460 e. The predicted molar refractivity (Wildman–Crippen MR) is 77.8 cm³/mol. The number of nitrogens with zero attached hydrogens (tertiary/aromatic N) is 1. The summed E-state index contributed by atoms with van der Waals surface area (Å²) in [5.74, 6) is -0.491. The Bertz CT molecular complexity index is 384. The molecule has 4 nitrogen and oxygen atoms in total. The molecule has 0 amide bonds. The van der Waals surface area contributed by atoms with Crippen molar-refractivity contribution in [2.24, 2.45) is 0 Å². The van der Waals surface area contributed by atoms with Gasteiger partial charge in [0.2, 0.25) is 0 Å². The molecule has 0 aromatic rings. The van der Waals surface area contributed by atoms with Gasteiger partial charge in [-0.15, -0.1) is 0 Å². The van der Waals surface area contributed by atoms with Crippen molar-refractivity contribution in [2.75, 3.05) is 20.2 Å². The van der Waals surface area contributed by atoms with E-state index in [2.05, 4.69) is 6.58 Å². The summed E-state index contributed by atoms with van der Waals surface area (Å²) >= 11 is 5.73. The SMILES string of the molecule is C=C(C)C(=O)OCC(O)CN(C)C(C)=CC=C(C)Cl. The highest BCUT2D eigenvalue weighted by Crippen LogP contribution is 2.05. The first-order chi connectivity index (χ1) is 8.73. The normalized spacial score (nSPS) is 14.0. The van der Waals surface area contributed by atoms with Crippen LogP contribution in [0.5, 0.6) is 0 Å². The van der Waals surface area contributed by atoms with Gasteiger partial charge in [-0.05, 0) is 32.9 Å². The molecule has 0 spiro atoms. The van der Waals surface area contributed by atoms with Crippen molar-refractivity contribution in [3.63, 3.8) is 0 Å². The van der Waals surface area contributed by atoms with Crippen LogP contribution in [0.1, 0.15) is 20.8 Å². The molecular formula is C14H22ClNO3. The van der Waals surface area contributed by atoms with Crippen molar-refractivity contribution in [3.05, 3.63) is 35.0 Å². The first-order valence-electron chi connectivity index (χ1n) is 5.96. The van der Waals surface area contributed by atoms with Crippen LogP contribution in [0.3, 0.4) is 0 Å². The minimum atomic E-state index is -0.752. The third kappa shape index (κ3) is 8.46. The van der Waals surface area contributed by atoms with E-state index in [1.807, 2.05) is 24.9 Å². The summed E-state index contributed by atoms with van der Waals surface area (Å²) in [5, 5.41) is 10.4. The number of carbonyl (C=O) groups excluding carboxylic acids is 1. The summed E-state index contributed by atoms with van der Waals surface area (Å²) in [6.07, 6.45) is 2.88. The van der Waals surface area contributed by atoms with E-state index in [9.17, 15) is 9.90 Å². The molecule has 1 unspecified atom stereocenters. The van der Waals surface area contributed by atoms with Crippen molar-refractivity contribution in [2.45, 2.75) is 26.9 Å². The van der Waals surface area contributed by atoms with Gasteiger partial charge in [0.05, 0.1) is 0 Å². The van der Waals surface area contributed by atoms with Gasteiger partial charge in [0.15, 0.2) is 0 Å². The van der Waals surface area contributed by atoms with E-state index < -0.39 is 12.1 Å². The van der Waals surface area contributed by atoms with E-state index in [0.717, 1.165) is 5.70 Å². The molecule has 19 heavy (non-hydrogen) atoms. The molecule has 0 saturated heterocycles. The van der Waals surface area contributed by atoms with Crippen molar-refractivity contribution >= 4 is 17.6 Å². The van der Waals surface area contributed by atoms with Crippen LogP contribution >= 0.6 is 11.6 Å². The predicted octanol–water partition coefficient (Wildman–Crippen LogP) is 2.44. The van der Waals surface area contributed by atoms with E-state index in [-0.39, 0.29) is 6.61 Å². The Morgan fingerprint density at radius 3 is 2.47 bits per heavy atom. The highest BCUT2D eigenvalue weighted by atomic mass is 35.5. The number of esters is 1. The first kappa shape index (κ1) is 17.7. The number of aliphatic hydroxyl groups excluding tert-OH is 1. The zero-order valence-corrected chi connectivity index (χ0v) is 12.7. The van der Waals surface area contributed by atoms with E-state index in [1.54, 1.807) is 19.9 Å². The molecule has 0 aromatic carbocycles. The smallest absolute Gasteiger partial charge is 0.333 e. The van der Waals surface area contributed by atoms with Crippen LogP contribution in [0.2, 0.25) is 0 Å². The highest BCUT2D eigenvalue weighted by molar-refractivity contribution is 6.29. The number of ether oxygens (including phenoxy) is 1. The molecular weight excluding hydrogens is 266 g/mol. The number of hydrogen-bond acceptors (Lipinski definition) is 4. The van der Waals surface area contributed by atoms with Gasteiger partial charge < -0.3 is 14.7 Å². The number of aliphatic hydroxyl groups is 1. The van der Waals surface area contributed by atoms with Gasteiger partial charge in [-0.3, -0.25) is 0 Å². The van der Waals surface area contributed by atoms with E-state index in [1.165, 1.54) is 0 Å². The maximum atomic E-state index is 11.2. The fourth-order valence-corrected chi connectivity index (χ4v) is 1.23. The van der Waals surface area contributed by atoms with E-state index in [4.69, 9.17) is 16.3 Å². The molecule has 108 valence electrons. The lowest BCUT2D eigenvalue weighted by Gasteiger charge is -2.23. The number of hydrogen-bond donors (Lipinski definition) is 1. The third-order valence-electron chi connectivity index (χ3n) is 2.40. The molecule has 0 aliphatic carbocycles. The van der Waals surface area contributed by atoms with Gasteiger partial charge in [0, 0.05) is 29.9 Å². The molecule has 0 aliphatic heterocycles. The Labute approximate surface area is 120 Å². The quantitative estimate of drug-likeness (QED) is 0.444. The average molecular weight is 288 g/mol. The van der Waals surface area contributed by atoms with Gasteiger partial charge in [0.25, 0.3) is 0 Å². The Kier molecular flexibility index (Phi) is 8.19. The van der Waals surface area contributed by atoms with Gasteiger partial charge in [-0.25, -0.2) is 4.79 Å². The Morgan fingerprint density at radius 2 is 2.00 bits per heavy atom. The molecule has 0 bridgehead atoms. The lowest BCUT2D eigenvalue weighted by Crippen LogP contribution is -2.32. The van der Waals surface area contributed by atoms with Gasteiger partial charge >= 0.3 is 5.97 Å². The molecule has 0 fully saturated rings. The van der Waals surface area contributed by atoms with Crippen molar-refractivity contribution in [1.29, 1.82) is 0 Å². The van der Waals surface area contributed by atoms with Crippen LogP contribution in [0.4, 0.5) is 0 Å². The molecule has 1 atom stereocenters. The Morgan fingerprint density at radius 1 is 1.42 bits per heavy atom. The van der Waals surface area contributed by atoms with Crippen LogP contribution in [-0.2, 0) is 9.53 Å². The van der Waals surface area contributed by atoms with Crippen molar-refractivity contribution in [3.8, 4) is 0 Å². The topological polar surface area (TPSA) is 49.8 Å². The van der Waals surface area contributed by atoms with Crippen LogP contribution in [0, 0.1) is 0 Å². The molecule has 5 heteroatoms. The van der Waals surface area contributed by atoms with Crippen LogP contribution < -0.4 is 0 Å².